The van der Waals surface area contributed by atoms with Crippen LogP contribution < -0.4 is 5.73 Å². The molecule has 114 valence electrons. The molecule has 1 heterocycles. The molecule has 3 nitrogen and oxygen atoms in total. The first kappa shape index (κ1) is 15.4. The molecule has 6 heteroatoms. The Labute approximate surface area is 121 Å². The van der Waals surface area contributed by atoms with Crippen molar-refractivity contribution >= 4 is 5.82 Å². The van der Waals surface area contributed by atoms with Crippen LogP contribution in [-0.4, -0.2) is 9.55 Å². The maximum Gasteiger partial charge on any atom is 0.416 e. The van der Waals surface area contributed by atoms with E-state index in [2.05, 4.69) is 4.98 Å². The Balaban J connectivity index is 2.58. The maximum absolute atomic E-state index is 12.8. The molecular weight excluding hydrogens is 279 g/mol. The minimum absolute atomic E-state index is 0.247. The average molecular weight is 297 g/mol. The summed E-state index contributed by atoms with van der Waals surface area (Å²) in [6.45, 7) is 5.93. The first-order valence-corrected chi connectivity index (χ1v) is 6.52. The minimum Gasteiger partial charge on any atom is -0.383 e. The second kappa shape index (κ2) is 4.79. The van der Waals surface area contributed by atoms with Gasteiger partial charge in [-0.2, -0.15) is 13.2 Å². The van der Waals surface area contributed by atoms with Gasteiger partial charge < -0.3 is 10.3 Å². The quantitative estimate of drug-likeness (QED) is 0.865. The lowest BCUT2D eigenvalue weighted by Crippen LogP contribution is -2.17. The van der Waals surface area contributed by atoms with E-state index in [1.807, 2.05) is 20.8 Å². The van der Waals surface area contributed by atoms with Crippen LogP contribution in [-0.2, 0) is 18.6 Å². The summed E-state index contributed by atoms with van der Waals surface area (Å²) in [5.41, 5.74) is 5.81. The van der Waals surface area contributed by atoms with E-state index in [9.17, 15) is 13.2 Å². The second-order valence-electron chi connectivity index (χ2n) is 6.06. The fraction of sp³-hybridized carbons (Fsp3) is 0.400. The molecule has 0 aliphatic heterocycles. The zero-order chi connectivity index (χ0) is 16.0. The number of benzene rings is 1. The zero-order valence-electron chi connectivity index (χ0n) is 12.4. The largest absolute Gasteiger partial charge is 0.416 e. The lowest BCUT2D eigenvalue weighted by Gasteiger charge is -2.17. The molecule has 2 rings (SSSR count). The topological polar surface area (TPSA) is 43.8 Å². The van der Waals surface area contributed by atoms with E-state index < -0.39 is 11.7 Å². The van der Waals surface area contributed by atoms with Gasteiger partial charge in [0.25, 0.3) is 0 Å². The number of nitrogen functional groups attached to an aromatic ring is 1. The minimum atomic E-state index is -4.38. The Morgan fingerprint density at radius 1 is 1.14 bits per heavy atom. The van der Waals surface area contributed by atoms with Crippen LogP contribution in [0, 0.1) is 0 Å². The van der Waals surface area contributed by atoms with Gasteiger partial charge in [-0.05, 0) is 12.1 Å². The Morgan fingerprint density at radius 2 is 1.76 bits per heavy atom. The summed E-state index contributed by atoms with van der Waals surface area (Å²) in [5.74, 6) is 1.09. The van der Waals surface area contributed by atoms with Crippen molar-refractivity contribution in [2.75, 3.05) is 5.73 Å². The van der Waals surface area contributed by atoms with Crippen LogP contribution in [0.1, 0.15) is 32.2 Å². The molecule has 0 saturated heterocycles. The molecule has 0 bridgehead atoms. The third-order valence-corrected chi connectivity index (χ3v) is 3.27. The molecule has 2 N–H and O–H groups in total. The predicted octanol–water partition coefficient (Wildman–Crippen LogP) is 3.99. The molecule has 1 aromatic heterocycles. The van der Waals surface area contributed by atoms with Crippen molar-refractivity contribution < 1.29 is 13.2 Å². The molecule has 1 aromatic carbocycles. The highest BCUT2D eigenvalue weighted by molar-refractivity contribution is 5.71. The number of imidazole rings is 1. The van der Waals surface area contributed by atoms with Gasteiger partial charge in [-0.3, -0.25) is 0 Å². The number of anilines is 1. The normalized spacial score (nSPS) is 12.7. The van der Waals surface area contributed by atoms with E-state index in [0.29, 0.717) is 17.1 Å². The molecule has 0 aliphatic rings. The van der Waals surface area contributed by atoms with Crippen LogP contribution in [0.3, 0.4) is 0 Å². The lowest BCUT2D eigenvalue weighted by molar-refractivity contribution is -0.137. The van der Waals surface area contributed by atoms with Crippen molar-refractivity contribution in [1.29, 1.82) is 0 Å². The highest BCUT2D eigenvalue weighted by Gasteiger charge is 2.31. The highest BCUT2D eigenvalue weighted by Crippen LogP contribution is 2.35. The number of aromatic nitrogens is 2. The fourth-order valence-electron chi connectivity index (χ4n) is 2.24. The fourth-order valence-corrected chi connectivity index (χ4v) is 2.24. The lowest BCUT2D eigenvalue weighted by atomic mass is 9.96. The number of nitrogens with zero attached hydrogens (tertiary/aromatic N) is 2. The molecule has 2 aromatic rings. The Kier molecular flexibility index (Phi) is 3.51. The average Bonchev–Trinajstić information content (AvgIpc) is 2.65. The summed E-state index contributed by atoms with van der Waals surface area (Å²) in [6, 6.07) is 5.06. The van der Waals surface area contributed by atoms with Crippen LogP contribution in [0.2, 0.25) is 0 Å². The van der Waals surface area contributed by atoms with Gasteiger partial charge in [0.05, 0.1) is 5.56 Å². The smallest absolute Gasteiger partial charge is 0.383 e. The predicted molar refractivity (Wildman–Crippen MR) is 76.8 cm³/mol. The molecule has 0 saturated carbocycles. The van der Waals surface area contributed by atoms with E-state index in [1.54, 1.807) is 17.7 Å². The summed E-state index contributed by atoms with van der Waals surface area (Å²) in [4.78, 5) is 4.44. The van der Waals surface area contributed by atoms with Gasteiger partial charge in [0.1, 0.15) is 17.3 Å². The SMILES string of the molecule is Cn1c(C(C)(C)C)nc(-c2cccc(C(F)(F)F)c2)c1N. The Hall–Kier alpha value is -1.98. The van der Waals surface area contributed by atoms with E-state index in [0.717, 1.165) is 18.0 Å². The van der Waals surface area contributed by atoms with Crippen molar-refractivity contribution in [1.82, 2.24) is 9.55 Å². The van der Waals surface area contributed by atoms with Gasteiger partial charge >= 0.3 is 6.18 Å². The van der Waals surface area contributed by atoms with E-state index >= 15 is 0 Å². The third kappa shape index (κ3) is 2.89. The molecule has 0 unspecified atom stereocenters. The van der Waals surface area contributed by atoms with E-state index in [4.69, 9.17) is 5.73 Å². The van der Waals surface area contributed by atoms with Crippen molar-refractivity contribution in [3.05, 3.63) is 35.7 Å². The van der Waals surface area contributed by atoms with Crippen LogP contribution in [0.4, 0.5) is 19.0 Å². The number of hydrogen-bond donors (Lipinski definition) is 1. The highest BCUT2D eigenvalue weighted by atomic mass is 19.4. The van der Waals surface area contributed by atoms with Crippen molar-refractivity contribution in [3.63, 3.8) is 0 Å². The molecule has 0 aliphatic carbocycles. The van der Waals surface area contributed by atoms with Crippen molar-refractivity contribution in [2.24, 2.45) is 7.05 Å². The Bertz CT molecular complexity index is 664. The molecule has 0 amide bonds. The Morgan fingerprint density at radius 3 is 2.24 bits per heavy atom. The number of hydrogen-bond acceptors (Lipinski definition) is 2. The number of rotatable bonds is 1. The molecular formula is C15H18F3N3. The molecule has 0 fully saturated rings. The van der Waals surface area contributed by atoms with Crippen LogP contribution in [0.15, 0.2) is 24.3 Å². The monoisotopic (exact) mass is 297 g/mol. The van der Waals surface area contributed by atoms with E-state index in [-0.39, 0.29) is 5.41 Å². The van der Waals surface area contributed by atoms with Crippen LogP contribution in [0.5, 0.6) is 0 Å². The van der Waals surface area contributed by atoms with Gasteiger partial charge in [0.15, 0.2) is 0 Å². The molecule has 0 radical (unpaired) electrons. The molecule has 0 spiro atoms. The van der Waals surface area contributed by atoms with Gasteiger partial charge in [0.2, 0.25) is 0 Å². The number of halogens is 3. The van der Waals surface area contributed by atoms with Gasteiger partial charge in [-0.25, -0.2) is 4.98 Å². The second-order valence-corrected chi connectivity index (χ2v) is 6.06. The van der Waals surface area contributed by atoms with Crippen molar-refractivity contribution in [3.8, 4) is 11.3 Å². The first-order valence-electron chi connectivity index (χ1n) is 6.52. The maximum atomic E-state index is 12.8. The van der Waals surface area contributed by atoms with Crippen LogP contribution in [0.25, 0.3) is 11.3 Å². The summed E-state index contributed by atoms with van der Waals surface area (Å²) in [6.07, 6.45) is -4.38. The van der Waals surface area contributed by atoms with Crippen molar-refractivity contribution in [2.45, 2.75) is 32.4 Å². The summed E-state index contributed by atoms with van der Waals surface area (Å²) < 4.78 is 40.1. The standard InChI is InChI=1S/C15H18F3N3/c1-14(2,3)13-20-11(12(19)21(13)4)9-6-5-7-10(8-9)15(16,17)18/h5-8H,19H2,1-4H3. The molecule has 0 atom stereocenters. The number of nitrogens with two attached hydrogens (primary N) is 1. The van der Waals surface area contributed by atoms with E-state index in [1.165, 1.54) is 6.07 Å². The van der Waals surface area contributed by atoms with Crippen LogP contribution >= 0.6 is 0 Å². The zero-order valence-corrected chi connectivity index (χ0v) is 12.4. The third-order valence-electron chi connectivity index (χ3n) is 3.27. The first-order chi connectivity index (χ1) is 9.51. The van der Waals surface area contributed by atoms with Gasteiger partial charge in [0, 0.05) is 18.0 Å². The van der Waals surface area contributed by atoms with Gasteiger partial charge in [-0.15, -0.1) is 0 Å². The number of alkyl halides is 3. The summed E-state index contributed by atoms with van der Waals surface area (Å²) >= 11 is 0. The summed E-state index contributed by atoms with van der Waals surface area (Å²) in [7, 11) is 1.76. The molecule has 21 heavy (non-hydrogen) atoms. The summed E-state index contributed by atoms with van der Waals surface area (Å²) in [5, 5.41) is 0. The van der Waals surface area contributed by atoms with Gasteiger partial charge in [-0.1, -0.05) is 32.9 Å².